The summed E-state index contributed by atoms with van der Waals surface area (Å²) in [6, 6.07) is 0. The molecule has 3 heteroatoms. The molecule has 0 nitrogen and oxygen atoms in total. The van der Waals surface area contributed by atoms with Crippen LogP contribution in [0.3, 0.4) is 0 Å². The molecule has 0 unspecified atom stereocenters. The first-order valence-electron chi connectivity index (χ1n) is 2.80. The summed E-state index contributed by atoms with van der Waals surface area (Å²) in [5.74, 6) is 0. The van der Waals surface area contributed by atoms with Crippen molar-refractivity contribution in [3.63, 3.8) is 0 Å². The number of thiol groups is 1. The molecule has 0 heterocycles. The third-order valence-corrected chi connectivity index (χ3v) is 0. The molecule has 0 aromatic carbocycles. The van der Waals surface area contributed by atoms with Crippen molar-refractivity contribution < 1.29 is 22.4 Å². The van der Waals surface area contributed by atoms with Gasteiger partial charge in [0.05, 0.1) is 0 Å². The van der Waals surface area contributed by atoms with Crippen LogP contribution in [0.2, 0.25) is 0 Å². The first kappa shape index (κ1) is 16.8. The molecule has 0 N–H and O–H groups in total. The van der Waals surface area contributed by atoms with Gasteiger partial charge in [0, 0.05) is 0 Å². The van der Waals surface area contributed by atoms with E-state index in [1.807, 2.05) is 27.7 Å². The minimum Gasteiger partial charge on any atom is -0.790 e. The second kappa shape index (κ2) is 12.1. The predicted octanol–water partition coefficient (Wildman–Crippen LogP) is 2.26. The zero-order valence-corrected chi connectivity index (χ0v) is 10.2. The van der Waals surface area contributed by atoms with Gasteiger partial charge in [-0.25, -0.2) is 0 Å². The molecular weight excluding hydrogens is 333 g/mol. The van der Waals surface area contributed by atoms with E-state index < -0.39 is 0 Å². The van der Waals surface area contributed by atoms with Gasteiger partial charge in [0.1, 0.15) is 0 Å². The van der Waals surface area contributed by atoms with Crippen LogP contribution in [0.25, 0.3) is 0 Å². The molecule has 0 atom stereocenters. The summed E-state index contributed by atoms with van der Waals surface area (Å²) in [5.41, 5.74) is 0. The van der Waals surface area contributed by atoms with Gasteiger partial charge in [-0.1, -0.05) is 27.7 Å². The Labute approximate surface area is 85.5 Å². The minimum absolute atomic E-state index is 0. The van der Waals surface area contributed by atoms with E-state index in [2.05, 4.69) is 25.3 Å². The number of hydrogen-bond acceptors (Lipinski definition) is 2. The summed E-state index contributed by atoms with van der Waals surface area (Å²) in [5, 5.41) is 0.944. The maximum absolute atomic E-state index is 4.62. The molecule has 0 aliphatic carbocycles. The van der Waals surface area contributed by atoms with Crippen molar-refractivity contribution in [2.75, 3.05) is 0 Å². The fourth-order valence-corrected chi connectivity index (χ4v) is 0. The van der Waals surface area contributed by atoms with Crippen LogP contribution in [-0.4, -0.2) is 10.5 Å². The Morgan fingerprint density at radius 1 is 1.11 bits per heavy atom. The van der Waals surface area contributed by atoms with Gasteiger partial charge in [-0.3, -0.25) is 0 Å². The van der Waals surface area contributed by atoms with E-state index in [1.165, 1.54) is 0 Å². The summed E-state index contributed by atoms with van der Waals surface area (Å²) in [7, 11) is 0. The van der Waals surface area contributed by atoms with Crippen molar-refractivity contribution in [3.05, 3.63) is 0 Å². The SMILES string of the molecule is CC(C)S.CC(C)[S-].[Au+]. The first-order chi connectivity index (χ1) is 3.46. The maximum atomic E-state index is 4.62. The summed E-state index contributed by atoms with van der Waals surface area (Å²) < 4.78 is 0. The molecule has 9 heavy (non-hydrogen) atoms. The standard InChI is InChI=1S/2C3H8S.Au/c2*1-3(2)4;/h2*3-4H,1-2H3;/q;;+1/p-1. The average molecular weight is 348 g/mol. The first-order valence-corrected chi connectivity index (χ1v) is 3.79. The van der Waals surface area contributed by atoms with Crippen LogP contribution in [0, 0.1) is 0 Å². The molecule has 62 valence electrons. The molecular formula is C6H15AuS2. The number of hydrogen-bond donors (Lipinski definition) is 1. The molecule has 0 aromatic rings. The Morgan fingerprint density at radius 3 is 1.11 bits per heavy atom. The van der Waals surface area contributed by atoms with Crippen molar-refractivity contribution in [3.8, 4) is 0 Å². The fraction of sp³-hybridized carbons (Fsp3) is 1.00. The Kier molecular flexibility index (Phi) is 22.7. The van der Waals surface area contributed by atoms with Gasteiger partial charge in [-0.2, -0.15) is 17.9 Å². The van der Waals surface area contributed by atoms with E-state index in [0.29, 0.717) is 10.5 Å². The van der Waals surface area contributed by atoms with E-state index in [4.69, 9.17) is 0 Å². The zero-order chi connectivity index (χ0) is 7.15. The van der Waals surface area contributed by atoms with Gasteiger partial charge in [-0.15, -0.1) is 0 Å². The van der Waals surface area contributed by atoms with Crippen LogP contribution in [0.4, 0.5) is 0 Å². The van der Waals surface area contributed by atoms with Crippen molar-refractivity contribution in [2.24, 2.45) is 0 Å². The van der Waals surface area contributed by atoms with Crippen molar-refractivity contribution >= 4 is 25.3 Å². The largest absolute Gasteiger partial charge is 1.00 e. The van der Waals surface area contributed by atoms with E-state index in [9.17, 15) is 0 Å². The summed E-state index contributed by atoms with van der Waals surface area (Å²) in [4.78, 5) is 0. The van der Waals surface area contributed by atoms with E-state index in [-0.39, 0.29) is 22.4 Å². The molecule has 0 fully saturated rings. The molecule has 0 saturated heterocycles. The monoisotopic (exact) mass is 348 g/mol. The third kappa shape index (κ3) is 252. The van der Waals surface area contributed by atoms with Crippen LogP contribution in [0.1, 0.15) is 27.7 Å². The molecule has 0 spiro atoms. The van der Waals surface area contributed by atoms with Crippen LogP contribution in [0.15, 0.2) is 0 Å². The van der Waals surface area contributed by atoms with Crippen molar-refractivity contribution in [1.29, 1.82) is 0 Å². The van der Waals surface area contributed by atoms with Gasteiger partial charge in [0.15, 0.2) is 0 Å². The molecule has 0 amide bonds. The molecule has 0 aromatic heterocycles. The van der Waals surface area contributed by atoms with Gasteiger partial charge < -0.3 is 12.6 Å². The average Bonchev–Trinajstić information content (AvgIpc) is 1.25. The molecule has 0 aliphatic rings. The Hall–Kier alpha value is 1.44. The van der Waals surface area contributed by atoms with Gasteiger partial charge in [-0.05, 0) is 5.25 Å². The quantitative estimate of drug-likeness (QED) is 0.398. The van der Waals surface area contributed by atoms with Crippen LogP contribution < -0.4 is 0 Å². The fourth-order valence-electron chi connectivity index (χ4n) is 0. The summed E-state index contributed by atoms with van der Waals surface area (Å²) in [6.45, 7) is 8.02. The predicted molar refractivity (Wildman–Crippen MR) is 46.6 cm³/mol. The molecule has 0 aliphatic heterocycles. The van der Waals surface area contributed by atoms with E-state index >= 15 is 0 Å². The second-order valence-electron chi connectivity index (χ2n) is 2.14. The van der Waals surface area contributed by atoms with Crippen molar-refractivity contribution in [2.45, 2.75) is 38.2 Å². The molecule has 0 bridgehead atoms. The van der Waals surface area contributed by atoms with Crippen LogP contribution in [0.5, 0.6) is 0 Å². The van der Waals surface area contributed by atoms with Gasteiger partial charge >= 0.3 is 22.4 Å². The smallest absolute Gasteiger partial charge is 0.790 e. The minimum atomic E-state index is 0. The van der Waals surface area contributed by atoms with E-state index in [1.54, 1.807) is 0 Å². The molecule has 0 radical (unpaired) electrons. The van der Waals surface area contributed by atoms with Crippen LogP contribution >= 0.6 is 12.6 Å². The topological polar surface area (TPSA) is 0 Å². The van der Waals surface area contributed by atoms with Crippen molar-refractivity contribution in [1.82, 2.24) is 0 Å². The zero-order valence-electron chi connectivity index (χ0n) is 6.31. The Balaban J connectivity index is -0.0000000720. The number of rotatable bonds is 0. The maximum Gasteiger partial charge on any atom is 1.00 e. The normalized spacial score (nSPS) is 8.00. The van der Waals surface area contributed by atoms with E-state index in [0.717, 1.165) is 0 Å². The Morgan fingerprint density at radius 2 is 1.11 bits per heavy atom. The third-order valence-electron chi connectivity index (χ3n) is 0. The molecule has 0 rings (SSSR count). The van der Waals surface area contributed by atoms with Gasteiger partial charge in [0.2, 0.25) is 0 Å². The molecule has 0 saturated carbocycles. The summed E-state index contributed by atoms with van der Waals surface area (Å²) >= 11 is 8.59. The summed E-state index contributed by atoms with van der Waals surface area (Å²) in [6.07, 6.45) is 0. The van der Waals surface area contributed by atoms with Gasteiger partial charge in [0.25, 0.3) is 0 Å². The second-order valence-corrected chi connectivity index (χ2v) is 4.12. The van der Waals surface area contributed by atoms with Crippen LogP contribution in [-0.2, 0) is 35.0 Å². The Bertz CT molecular complexity index is 26.5.